The molecule has 102 valence electrons. The van der Waals surface area contributed by atoms with Crippen molar-refractivity contribution in [2.45, 2.75) is 19.2 Å². The molecule has 0 aromatic carbocycles. The number of aliphatic hydroxyl groups is 1. The highest BCUT2D eigenvalue weighted by molar-refractivity contribution is 6.33. The van der Waals surface area contributed by atoms with Crippen LogP contribution in [0.2, 0.25) is 5.02 Å². The van der Waals surface area contributed by atoms with E-state index in [1.165, 1.54) is 13.0 Å². The molecule has 0 aliphatic carbocycles. The second-order valence-electron chi connectivity index (χ2n) is 3.84. The first-order valence-electron chi connectivity index (χ1n) is 5.17. The Morgan fingerprint density at radius 2 is 2.05 bits per heavy atom. The number of nitrogens with zero attached hydrogens (tertiary/aromatic N) is 2. The van der Waals surface area contributed by atoms with E-state index in [1.807, 2.05) is 0 Å². The average molecular weight is 293 g/mol. The predicted molar refractivity (Wildman–Crippen MR) is 60.4 cm³/mol. The van der Waals surface area contributed by atoms with Crippen molar-refractivity contribution >= 4 is 11.6 Å². The molecular weight excluding hydrogens is 285 g/mol. The molecule has 0 aliphatic heterocycles. The first kappa shape index (κ1) is 13.8. The van der Waals surface area contributed by atoms with Crippen molar-refractivity contribution < 1.29 is 22.8 Å². The Morgan fingerprint density at radius 3 is 2.53 bits per heavy atom. The van der Waals surface area contributed by atoms with Gasteiger partial charge < -0.3 is 9.63 Å². The SMILES string of the molecule is CC(O)c1cc(-c2ncc(C(F)(F)F)cc2Cl)no1. The molecule has 0 bridgehead atoms. The summed E-state index contributed by atoms with van der Waals surface area (Å²) in [5, 5.41) is 12.7. The highest BCUT2D eigenvalue weighted by Gasteiger charge is 2.32. The molecule has 0 saturated heterocycles. The van der Waals surface area contributed by atoms with Crippen molar-refractivity contribution in [3.63, 3.8) is 0 Å². The maximum absolute atomic E-state index is 12.4. The van der Waals surface area contributed by atoms with Crippen LogP contribution in [0.1, 0.15) is 24.4 Å². The van der Waals surface area contributed by atoms with Gasteiger partial charge in [0.15, 0.2) is 5.76 Å². The smallest absolute Gasteiger partial charge is 0.385 e. The van der Waals surface area contributed by atoms with Gasteiger partial charge in [0.25, 0.3) is 0 Å². The molecule has 1 atom stereocenters. The second-order valence-corrected chi connectivity index (χ2v) is 4.25. The summed E-state index contributed by atoms with van der Waals surface area (Å²) in [6.07, 6.45) is -4.73. The third kappa shape index (κ3) is 2.87. The molecule has 0 fully saturated rings. The normalized spacial score (nSPS) is 13.6. The Labute approximate surface area is 110 Å². The second kappa shape index (κ2) is 4.82. The molecule has 19 heavy (non-hydrogen) atoms. The lowest BCUT2D eigenvalue weighted by atomic mass is 10.2. The molecule has 1 unspecified atom stereocenters. The summed E-state index contributed by atoms with van der Waals surface area (Å²) in [4.78, 5) is 3.63. The lowest BCUT2D eigenvalue weighted by Crippen LogP contribution is -2.05. The number of hydrogen-bond donors (Lipinski definition) is 1. The van der Waals surface area contributed by atoms with Gasteiger partial charge in [0.05, 0.1) is 10.6 Å². The largest absolute Gasteiger partial charge is 0.417 e. The number of rotatable bonds is 2. The minimum absolute atomic E-state index is 0.0605. The van der Waals surface area contributed by atoms with Gasteiger partial charge in [0.1, 0.15) is 17.5 Å². The van der Waals surface area contributed by atoms with Crippen LogP contribution >= 0.6 is 11.6 Å². The first-order chi connectivity index (χ1) is 8.79. The fraction of sp³-hybridized carbons (Fsp3) is 0.273. The van der Waals surface area contributed by atoms with Crippen molar-refractivity contribution in [3.8, 4) is 11.4 Å². The molecule has 2 aromatic rings. The van der Waals surface area contributed by atoms with Crippen LogP contribution < -0.4 is 0 Å². The van der Waals surface area contributed by atoms with Crippen LogP contribution in [0.15, 0.2) is 22.9 Å². The molecule has 8 heteroatoms. The lowest BCUT2D eigenvalue weighted by Gasteiger charge is -2.07. The molecule has 4 nitrogen and oxygen atoms in total. The third-order valence-electron chi connectivity index (χ3n) is 2.35. The summed E-state index contributed by atoms with van der Waals surface area (Å²) in [6.45, 7) is 1.46. The minimum atomic E-state index is -4.51. The molecule has 0 saturated carbocycles. The Morgan fingerprint density at radius 1 is 1.37 bits per heavy atom. The number of aliphatic hydroxyl groups excluding tert-OH is 1. The summed E-state index contributed by atoms with van der Waals surface area (Å²) in [6, 6.07) is 2.13. The molecule has 2 rings (SSSR count). The summed E-state index contributed by atoms with van der Waals surface area (Å²) in [5.41, 5.74) is -0.722. The van der Waals surface area contributed by atoms with Crippen LogP contribution in [0, 0.1) is 0 Å². The molecular formula is C11H8ClF3N2O2. The number of aromatic nitrogens is 2. The van der Waals surface area contributed by atoms with Crippen LogP contribution in [0.3, 0.4) is 0 Å². The van der Waals surface area contributed by atoms with Gasteiger partial charge in [-0.1, -0.05) is 16.8 Å². The number of pyridine rings is 1. The van der Waals surface area contributed by atoms with E-state index >= 15 is 0 Å². The van der Waals surface area contributed by atoms with E-state index in [9.17, 15) is 18.3 Å². The number of halogens is 4. The first-order valence-corrected chi connectivity index (χ1v) is 5.54. The summed E-state index contributed by atoms with van der Waals surface area (Å²) in [5.74, 6) is 0.174. The quantitative estimate of drug-likeness (QED) is 0.921. The highest BCUT2D eigenvalue weighted by atomic mass is 35.5. The Bertz CT molecular complexity index is 596. The third-order valence-corrected chi connectivity index (χ3v) is 2.64. The fourth-order valence-electron chi connectivity index (χ4n) is 1.38. The zero-order chi connectivity index (χ0) is 14.2. The lowest BCUT2D eigenvalue weighted by molar-refractivity contribution is -0.137. The Kier molecular flexibility index (Phi) is 3.51. The molecule has 0 radical (unpaired) electrons. The van der Waals surface area contributed by atoms with Crippen molar-refractivity contribution in [2.24, 2.45) is 0 Å². The Hall–Kier alpha value is -1.60. The fourth-order valence-corrected chi connectivity index (χ4v) is 1.64. The standard InChI is InChI=1S/C11H8ClF3N2O2/c1-5(18)9-3-8(17-19-9)10-7(12)2-6(4-16-10)11(13,14)15/h2-5,18H,1H3. The molecule has 0 spiro atoms. The van der Waals surface area contributed by atoms with Crippen LogP contribution in [0.4, 0.5) is 13.2 Å². The van der Waals surface area contributed by atoms with E-state index in [2.05, 4.69) is 10.1 Å². The zero-order valence-electron chi connectivity index (χ0n) is 9.57. The average Bonchev–Trinajstić information content (AvgIpc) is 2.76. The highest BCUT2D eigenvalue weighted by Crippen LogP contribution is 2.34. The molecule has 2 heterocycles. The summed E-state index contributed by atoms with van der Waals surface area (Å²) < 4.78 is 42.2. The van der Waals surface area contributed by atoms with Crippen LogP contribution in [-0.4, -0.2) is 15.2 Å². The van der Waals surface area contributed by atoms with E-state index in [-0.39, 0.29) is 22.2 Å². The van der Waals surface area contributed by atoms with E-state index < -0.39 is 17.8 Å². The maximum atomic E-state index is 12.4. The van der Waals surface area contributed by atoms with Crippen LogP contribution in [0.5, 0.6) is 0 Å². The predicted octanol–water partition coefficient (Wildman–Crippen LogP) is 3.46. The number of hydrogen-bond acceptors (Lipinski definition) is 4. The molecule has 2 aromatic heterocycles. The van der Waals surface area contributed by atoms with Gasteiger partial charge in [0.2, 0.25) is 0 Å². The van der Waals surface area contributed by atoms with Gasteiger partial charge in [-0.2, -0.15) is 13.2 Å². The monoisotopic (exact) mass is 292 g/mol. The van der Waals surface area contributed by atoms with Gasteiger partial charge in [-0.05, 0) is 13.0 Å². The van der Waals surface area contributed by atoms with Gasteiger partial charge in [0, 0.05) is 12.3 Å². The molecule has 0 aliphatic rings. The van der Waals surface area contributed by atoms with Crippen molar-refractivity contribution in [2.75, 3.05) is 0 Å². The van der Waals surface area contributed by atoms with Gasteiger partial charge in [-0.3, -0.25) is 4.98 Å². The van der Waals surface area contributed by atoms with Gasteiger partial charge in [-0.15, -0.1) is 0 Å². The van der Waals surface area contributed by atoms with Gasteiger partial charge >= 0.3 is 6.18 Å². The van der Waals surface area contributed by atoms with Crippen LogP contribution in [0.25, 0.3) is 11.4 Å². The summed E-state index contributed by atoms with van der Waals surface area (Å²) in [7, 11) is 0. The van der Waals surface area contributed by atoms with E-state index in [1.54, 1.807) is 0 Å². The molecule has 1 N–H and O–H groups in total. The number of alkyl halides is 3. The Balaban J connectivity index is 2.40. The van der Waals surface area contributed by atoms with E-state index in [0.29, 0.717) is 6.20 Å². The zero-order valence-corrected chi connectivity index (χ0v) is 10.3. The van der Waals surface area contributed by atoms with E-state index in [0.717, 1.165) is 6.07 Å². The topological polar surface area (TPSA) is 59.2 Å². The molecule has 0 amide bonds. The van der Waals surface area contributed by atoms with Crippen molar-refractivity contribution in [1.82, 2.24) is 10.1 Å². The van der Waals surface area contributed by atoms with E-state index in [4.69, 9.17) is 16.1 Å². The summed E-state index contributed by atoms with van der Waals surface area (Å²) >= 11 is 5.75. The van der Waals surface area contributed by atoms with Crippen molar-refractivity contribution in [3.05, 3.63) is 34.7 Å². The van der Waals surface area contributed by atoms with Crippen molar-refractivity contribution in [1.29, 1.82) is 0 Å². The van der Waals surface area contributed by atoms with Crippen LogP contribution in [-0.2, 0) is 6.18 Å². The minimum Gasteiger partial charge on any atom is -0.385 e. The maximum Gasteiger partial charge on any atom is 0.417 e. The van der Waals surface area contributed by atoms with Gasteiger partial charge in [-0.25, -0.2) is 0 Å².